The molecule has 2 rings (SSSR count). The topological polar surface area (TPSA) is 54.9 Å². The molecule has 1 amide bonds. The van der Waals surface area contributed by atoms with Crippen LogP contribution in [0, 0.1) is 0 Å². The van der Waals surface area contributed by atoms with Crippen LogP contribution in [0.15, 0.2) is 12.1 Å². The fourth-order valence-electron chi connectivity index (χ4n) is 2.42. The van der Waals surface area contributed by atoms with E-state index in [9.17, 15) is 4.79 Å². The highest BCUT2D eigenvalue weighted by Crippen LogP contribution is 2.27. The van der Waals surface area contributed by atoms with Crippen molar-refractivity contribution in [3.05, 3.63) is 17.7 Å². The molecule has 134 valence electrons. The van der Waals surface area contributed by atoms with Crippen molar-refractivity contribution in [2.75, 3.05) is 18.5 Å². The van der Waals surface area contributed by atoms with Crippen molar-refractivity contribution in [3.63, 3.8) is 0 Å². The molecule has 1 aromatic rings. The monoisotopic (exact) mass is 335 g/mol. The third kappa shape index (κ3) is 4.52. The van der Waals surface area contributed by atoms with Gasteiger partial charge >= 0.3 is 6.09 Å². The van der Waals surface area contributed by atoms with Crippen molar-refractivity contribution in [1.29, 1.82) is 0 Å². The normalized spacial score (nSPS) is 17.8. The number of aromatic nitrogens is 1. The fourth-order valence-corrected chi connectivity index (χ4v) is 2.42. The summed E-state index contributed by atoms with van der Waals surface area (Å²) in [6.45, 7) is 12.7. The Hall–Kier alpha value is -1.98. The Morgan fingerprint density at radius 2 is 2.08 bits per heavy atom. The van der Waals surface area contributed by atoms with Crippen LogP contribution in [0.3, 0.4) is 0 Å². The van der Waals surface area contributed by atoms with Gasteiger partial charge in [-0.25, -0.2) is 4.79 Å². The molecule has 1 aromatic heterocycles. The molecule has 0 saturated heterocycles. The van der Waals surface area contributed by atoms with Crippen LogP contribution in [-0.2, 0) is 11.3 Å². The SMILES string of the molecule is CC(C)N(C)c1ccc2c(n1)O[C@@H](C)CN(C(=O)OC(C)(C)C)C2. The average Bonchev–Trinajstić information content (AvgIpc) is 2.61. The molecule has 1 aliphatic rings. The number of nitrogens with zero attached hydrogens (tertiary/aromatic N) is 3. The van der Waals surface area contributed by atoms with Crippen LogP contribution in [0.2, 0.25) is 0 Å². The van der Waals surface area contributed by atoms with Gasteiger partial charge in [-0.3, -0.25) is 4.90 Å². The van der Waals surface area contributed by atoms with Gasteiger partial charge in [0.05, 0.1) is 13.1 Å². The molecule has 1 atom stereocenters. The first-order chi connectivity index (χ1) is 11.1. The van der Waals surface area contributed by atoms with Crippen molar-refractivity contribution in [2.24, 2.45) is 0 Å². The smallest absolute Gasteiger partial charge is 0.410 e. The molecular formula is C18H29N3O3. The zero-order valence-electron chi connectivity index (χ0n) is 15.8. The minimum absolute atomic E-state index is 0.147. The van der Waals surface area contributed by atoms with Crippen LogP contribution in [0.4, 0.5) is 10.6 Å². The molecule has 0 bridgehead atoms. The van der Waals surface area contributed by atoms with Gasteiger partial charge in [-0.15, -0.1) is 0 Å². The van der Waals surface area contributed by atoms with Crippen LogP contribution in [-0.4, -0.2) is 47.3 Å². The summed E-state index contributed by atoms with van der Waals surface area (Å²) in [6, 6.07) is 4.29. The molecule has 24 heavy (non-hydrogen) atoms. The van der Waals surface area contributed by atoms with Crippen molar-refractivity contribution < 1.29 is 14.3 Å². The van der Waals surface area contributed by atoms with Crippen molar-refractivity contribution >= 4 is 11.9 Å². The molecule has 0 fully saturated rings. The lowest BCUT2D eigenvalue weighted by atomic mass is 10.2. The van der Waals surface area contributed by atoms with E-state index >= 15 is 0 Å². The third-order valence-corrected chi connectivity index (χ3v) is 3.86. The fraction of sp³-hybridized carbons (Fsp3) is 0.667. The lowest BCUT2D eigenvalue weighted by Crippen LogP contribution is -2.39. The van der Waals surface area contributed by atoms with Gasteiger partial charge in [-0.2, -0.15) is 4.98 Å². The Balaban J connectivity index is 2.24. The molecule has 6 heteroatoms. The van der Waals surface area contributed by atoms with Gasteiger partial charge < -0.3 is 14.4 Å². The predicted octanol–water partition coefficient (Wildman–Crippen LogP) is 3.44. The molecule has 0 radical (unpaired) electrons. The maximum absolute atomic E-state index is 12.4. The quantitative estimate of drug-likeness (QED) is 0.828. The Kier molecular flexibility index (Phi) is 5.26. The first-order valence-electron chi connectivity index (χ1n) is 8.44. The first kappa shape index (κ1) is 18.4. The number of amides is 1. The van der Waals surface area contributed by atoms with Gasteiger partial charge in [0.15, 0.2) is 0 Å². The Labute approximate surface area is 144 Å². The van der Waals surface area contributed by atoms with Gasteiger partial charge in [-0.1, -0.05) is 0 Å². The Morgan fingerprint density at radius 1 is 1.42 bits per heavy atom. The minimum atomic E-state index is -0.515. The first-order valence-corrected chi connectivity index (χ1v) is 8.44. The van der Waals surface area contributed by atoms with Crippen molar-refractivity contribution in [2.45, 2.75) is 65.8 Å². The molecule has 6 nitrogen and oxygen atoms in total. The summed E-state index contributed by atoms with van der Waals surface area (Å²) in [4.78, 5) is 20.8. The maximum Gasteiger partial charge on any atom is 0.410 e. The summed E-state index contributed by atoms with van der Waals surface area (Å²) in [5.41, 5.74) is 0.379. The standard InChI is InChI=1S/C18H29N3O3/c1-12(2)20(7)15-9-8-14-11-21(17(22)24-18(4,5)6)10-13(3)23-16(14)19-15/h8-9,12-13H,10-11H2,1-7H3/t13-/m0/s1. The zero-order valence-corrected chi connectivity index (χ0v) is 15.8. The second-order valence-corrected chi connectivity index (χ2v) is 7.63. The Bertz CT molecular complexity index is 596. The van der Waals surface area contributed by atoms with Crippen LogP contribution in [0.25, 0.3) is 0 Å². The minimum Gasteiger partial charge on any atom is -0.472 e. The molecular weight excluding hydrogens is 306 g/mol. The molecule has 0 unspecified atom stereocenters. The van der Waals surface area contributed by atoms with Crippen LogP contribution < -0.4 is 9.64 Å². The molecule has 1 aliphatic heterocycles. The van der Waals surface area contributed by atoms with E-state index in [-0.39, 0.29) is 12.2 Å². The Morgan fingerprint density at radius 3 is 2.67 bits per heavy atom. The molecule has 2 heterocycles. The third-order valence-electron chi connectivity index (χ3n) is 3.86. The van der Waals surface area contributed by atoms with E-state index in [0.29, 0.717) is 25.0 Å². The summed E-state index contributed by atoms with van der Waals surface area (Å²) < 4.78 is 11.4. The molecule has 0 aromatic carbocycles. The van der Waals surface area contributed by atoms with E-state index in [0.717, 1.165) is 11.4 Å². The van der Waals surface area contributed by atoms with Gasteiger partial charge in [0.2, 0.25) is 5.88 Å². The summed E-state index contributed by atoms with van der Waals surface area (Å²) in [5.74, 6) is 1.46. The lowest BCUT2D eigenvalue weighted by molar-refractivity contribution is 0.0187. The van der Waals surface area contributed by atoms with Crippen LogP contribution >= 0.6 is 0 Å². The van der Waals surface area contributed by atoms with E-state index < -0.39 is 5.60 Å². The van der Waals surface area contributed by atoms with Gasteiger partial charge in [0.1, 0.15) is 17.5 Å². The largest absolute Gasteiger partial charge is 0.472 e. The number of carbonyl (C=O) groups is 1. The van der Waals surface area contributed by atoms with Gasteiger partial charge in [0.25, 0.3) is 0 Å². The van der Waals surface area contributed by atoms with E-state index in [1.165, 1.54) is 0 Å². The van der Waals surface area contributed by atoms with Gasteiger partial charge in [-0.05, 0) is 53.7 Å². The summed E-state index contributed by atoms with van der Waals surface area (Å²) in [7, 11) is 2.01. The maximum atomic E-state index is 12.4. The number of carbonyl (C=O) groups excluding carboxylic acids is 1. The highest BCUT2D eigenvalue weighted by atomic mass is 16.6. The highest BCUT2D eigenvalue weighted by molar-refractivity contribution is 5.68. The number of hydrogen-bond acceptors (Lipinski definition) is 5. The number of pyridine rings is 1. The van der Waals surface area contributed by atoms with E-state index in [1.54, 1.807) is 4.90 Å². The average molecular weight is 335 g/mol. The second-order valence-electron chi connectivity index (χ2n) is 7.63. The van der Waals surface area contributed by atoms with Crippen molar-refractivity contribution in [1.82, 2.24) is 9.88 Å². The van der Waals surface area contributed by atoms with Crippen molar-refractivity contribution in [3.8, 4) is 5.88 Å². The lowest BCUT2D eigenvalue weighted by Gasteiger charge is -2.27. The molecule has 0 spiro atoms. The number of fused-ring (bicyclic) bond motifs is 1. The molecule has 0 N–H and O–H groups in total. The number of rotatable bonds is 2. The highest BCUT2D eigenvalue weighted by Gasteiger charge is 2.28. The number of ether oxygens (including phenoxy) is 2. The molecule has 0 saturated carbocycles. The van der Waals surface area contributed by atoms with E-state index in [1.807, 2.05) is 46.9 Å². The van der Waals surface area contributed by atoms with E-state index in [2.05, 4.69) is 23.7 Å². The summed E-state index contributed by atoms with van der Waals surface area (Å²) in [5, 5.41) is 0. The predicted molar refractivity (Wildman–Crippen MR) is 94.5 cm³/mol. The van der Waals surface area contributed by atoms with Crippen LogP contribution in [0.1, 0.15) is 47.1 Å². The zero-order chi connectivity index (χ0) is 18.1. The summed E-state index contributed by atoms with van der Waals surface area (Å²) in [6.07, 6.45) is -0.472. The second kappa shape index (κ2) is 6.87. The number of hydrogen-bond donors (Lipinski definition) is 0. The number of anilines is 1. The molecule has 0 aliphatic carbocycles. The van der Waals surface area contributed by atoms with E-state index in [4.69, 9.17) is 9.47 Å². The summed E-state index contributed by atoms with van der Waals surface area (Å²) >= 11 is 0. The van der Waals surface area contributed by atoms with Gasteiger partial charge in [0, 0.05) is 18.7 Å². The van der Waals surface area contributed by atoms with Crippen LogP contribution in [0.5, 0.6) is 5.88 Å².